The number of aliphatic carboxylic acids is 1. The van der Waals surface area contributed by atoms with Crippen molar-refractivity contribution in [2.24, 2.45) is 0 Å². The zero-order valence-electron chi connectivity index (χ0n) is 8.54. The van der Waals surface area contributed by atoms with E-state index in [1.54, 1.807) is 0 Å². The molecule has 0 aliphatic rings. The van der Waals surface area contributed by atoms with Crippen LogP contribution in [-0.2, 0) is 4.79 Å². The minimum atomic E-state index is -1.14. The maximum atomic E-state index is 11.6. The standard InChI is InChI=1S/C10H11NO5/c1-11(5-9(14)15)10(16)6-2-7(12)4-8(13)3-6/h2-4,12-13H,5H2,1H3,(H,14,15). The monoisotopic (exact) mass is 225 g/mol. The average Bonchev–Trinajstić information content (AvgIpc) is 2.13. The van der Waals surface area contributed by atoms with Crippen LogP contribution in [0.2, 0.25) is 0 Å². The molecule has 86 valence electrons. The Morgan fingerprint density at radius 3 is 2.12 bits per heavy atom. The SMILES string of the molecule is CN(CC(=O)O)C(=O)c1cc(O)cc(O)c1. The van der Waals surface area contributed by atoms with E-state index >= 15 is 0 Å². The van der Waals surface area contributed by atoms with Crippen LogP contribution >= 0.6 is 0 Å². The predicted molar refractivity (Wildman–Crippen MR) is 54.4 cm³/mol. The number of hydrogen-bond donors (Lipinski definition) is 3. The molecule has 0 unspecified atom stereocenters. The smallest absolute Gasteiger partial charge is 0.323 e. The molecule has 1 aromatic rings. The molecular formula is C10H11NO5. The number of carboxylic acid groups (broad SMARTS) is 1. The van der Waals surface area contributed by atoms with Gasteiger partial charge in [-0.25, -0.2) is 0 Å². The van der Waals surface area contributed by atoms with Gasteiger partial charge in [0.1, 0.15) is 18.0 Å². The first-order valence-electron chi connectivity index (χ1n) is 4.40. The van der Waals surface area contributed by atoms with Crippen LogP contribution in [0.15, 0.2) is 18.2 Å². The largest absolute Gasteiger partial charge is 0.508 e. The molecular weight excluding hydrogens is 214 g/mol. The fourth-order valence-corrected chi connectivity index (χ4v) is 1.21. The normalized spacial score (nSPS) is 9.81. The molecule has 0 radical (unpaired) electrons. The summed E-state index contributed by atoms with van der Waals surface area (Å²) in [6.07, 6.45) is 0. The zero-order chi connectivity index (χ0) is 12.3. The molecule has 16 heavy (non-hydrogen) atoms. The quantitative estimate of drug-likeness (QED) is 0.685. The lowest BCUT2D eigenvalue weighted by Gasteiger charge is -2.14. The highest BCUT2D eigenvalue weighted by atomic mass is 16.4. The van der Waals surface area contributed by atoms with E-state index in [0.29, 0.717) is 0 Å². The van der Waals surface area contributed by atoms with Crippen LogP contribution in [-0.4, -0.2) is 45.7 Å². The van der Waals surface area contributed by atoms with E-state index < -0.39 is 18.4 Å². The maximum Gasteiger partial charge on any atom is 0.323 e. The summed E-state index contributed by atoms with van der Waals surface area (Å²) in [5.74, 6) is -2.24. The van der Waals surface area contributed by atoms with E-state index in [1.165, 1.54) is 7.05 Å². The molecule has 1 rings (SSSR count). The van der Waals surface area contributed by atoms with Crippen LogP contribution in [0.3, 0.4) is 0 Å². The molecule has 1 aromatic carbocycles. The van der Waals surface area contributed by atoms with Crippen molar-refractivity contribution in [2.75, 3.05) is 13.6 Å². The summed E-state index contributed by atoms with van der Waals surface area (Å²) < 4.78 is 0. The van der Waals surface area contributed by atoms with Gasteiger partial charge in [0.25, 0.3) is 5.91 Å². The second kappa shape index (κ2) is 4.52. The van der Waals surface area contributed by atoms with Gasteiger partial charge in [-0.2, -0.15) is 0 Å². The summed E-state index contributed by atoms with van der Waals surface area (Å²) >= 11 is 0. The van der Waals surface area contributed by atoms with Crippen LogP contribution in [0, 0.1) is 0 Å². The molecule has 1 amide bonds. The van der Waals surface area contributed by atoms with Gasteiger partial charge in [0.2, 0.25) is 0 Å². The van der Waals surface area contributed by atoms with E-state index in [2.05, 4.69) is 0 Å². The number of carbonyl (C=O) groups is 2. The van der Waals surface area contributed by atoms with Gasteiger partial charge in [-0.3, -0.25) is 9.59 Å². The lowest BCUT2D eigenvalue weighted by molar-refractivity contribution is -0.137. The molecule has 0 saturated heterocycles. The summed E-state index contributed by atoms with van der Waals surface area (Å²) in [4.78, 5) is 23.0. The minimum Gasteiger partial charge on any atom is -0.508 e. The highest BCUT2D eigenvalue weighted by Gasteiger charge is 2.15. The van der Waals surface area contributed by atoms with Crippen molar-refractivity contribution >= 4 is 11.9 Å². The Morgan fingerprint density at radius 2 is 1.69 bits per heavy atom. The summed E-state index contributed by atoms with van der Waals surface area (Å²) in [5.41, 5.74) is 0.0289. The van der Waals surface area contributed by atoms with Crippen molar-refractivity contribution in [1.29, 1.82) is 0 Å². The Morgan fingerprint density at radius 1 is 1.19 bits per heavy atom. The Hall–Kier alpha value is -2.24. The molecule has 6 nitrogen and oxygen atoms in total. The Kier molecular flexibility index (Phi) is 3.34. The van der Waals surface area contributed by atoms with Crippen molar-refractivity contribution in [3.05, 3.63) is 23.8 Å². The molecule has 0 aliphatic heterocycles. The number of hydrogen-bond acceptors (Lipinski definition) is 4. The van der Waals surface area contributed by atoms with E-state index in [4.69, 9.17) is 15.3 Å². The van der Waals surface area contributed by atoms with Gasteiger partial charge < -0.3 is 20.2 Å². The second-order valence-electron chi connectivity index (χ2n) is 3.29. The zero-order valence-corrected chi connectivity index (χ0v) is 8.54. The molecule has 0 saturated carbocycles. The van der Waals surface area contributed by atoms with E-state index in [1.807, 2.05) is 0 Å². The fourth-order valence-electron chi connectivity index (χ4n) is 1.21. The third-order valence-corrected chi connectivity index (χ3v) is 1.87. The highest BCUT2D eigenvalue weighted by molar-refractivity contribution is 5.96. The predicted octanol–water partition coefficient (Wildman–Crippen LogP) is 0.254. The third-order valence-electron chi connectivity index (χ3n) is 1.87. The van der Waals surface area contributed by atoms with Gasteiger partial charge in [-0.05, 0) is 12.1 Å². The third kappa shape index (κ3) is 2.88. The van der Waals surface area contributed by atoms with Crippen LogP contribution in [0.5, 0.6) is 11.5 Å². The van der Waals surface area contributed by atoms with Gasteiger partial charge in [0.05, 0.1) is 0 Å². The number of benzene rings is 1. The van der Waals surface area contributed by atoms with Gasteiger partial charge in [0, 0.05) is 18.7 Å². The number of nitrogens with zero attached hydrogens (tertiary/aromatic N) is 1. The van der Waals surface area contributed by atoms with Crippen LogP contribution in [0.1, 0.15) is 10.4 Å². The van der Waals surface area contributed by atoms with Crippen LogP contribution in [0.4, 0.5) is 0 Å². The topological polar surface area (TPSA) is 98.1 Å². The van der Waals surface area contributed by atoms with Crippen LogP contribution < -0.4 is 0 Å². The summed E-state index contributed by atoms with van der Waals surface area (Å²) in [6, 6.07) is 3.38. The molecule has 0 fully saturated rings. The highest BCUT2D eigenvalue weighted by Crippen LogP contribution is 2.21. The van der Waals surface area contributed by atoms with Crippen molar-refractivity contribution in [2.45, 2.75) is 0 Å². The number of phenols is 2. The summed E-state index contributed by atoms with van der Waals surface area (Å²) in [7, 11) is 1.32. The first kappa shape index (κ1) is 11.8. The second-order valence-corrected chi connectivity index (χ2v) is 3.29. The molecule has 0 spiro atoms. The average molecular weight is 225 g/mol. The first-order chi connectivity index (χ1) is 7.40. The molecule has 3 N–H and O–H groups in total. The number of rotatable bonds is 3. The van der Waals surface area contributed by atoms with E-state index in [0.717, 1.165) is 23.1 Å². The summed E-state index contributed by atoms with van der Waals surface area (Å²) in [5, 5.41) is 26.8. The Balaban J connectivity index is 2.91. The molecule has 6 heteroatoms. The van der Waals surface area contributed by atoms with Crippen molar-refractivity contribution in [1.82, 2.24) is 4.90 Å². The fraction of sp³-hybridized carbons (Fsp3) is 0.200. The minimum absolute atomic E-state index is 0.0289. The molecule has 0 aromatic heterocycles. The van der Waals surface area contributed by atoms with Crippen molar-refractivity contribution in [3.8, 4) is 11.5 Å². The number of carboxylic acids is 1. The first-order valence-corrected chi connectivity index (χ1v) is 4.40. The maximum absolute atomic E-state index is 11.6. The molecule has 0 aliphatic carbocycles. The number of likely N-dealkylation sites (N-methyl/N-ethyl adjacent to an activating group) is 1. The number of amides is 1. The van der Waals surface area contributed by atoms with Gasteiger partial charge >= 0.3 is 5.97 Å². The van der Waals surface area contributed by atoms with Crippen molar-refractivity contribution < 1.29 is 24.9 Å². The Labute approximate surface area is 91.4 Å². The molecule has 0 heterocycles. The molecule has 0 atom stereocenters. The summed E-state index contributed by atoms with van der Waals surface area (Å²) in [6.45, 7) is -0.449. The number of phenolic OH excluding ortho intramolecular Hbond substituents is 2. The number of aromatic hydroxyl groups is 2. The van der Waals surface area contributed by atoms with Gasteiger partial charge in [-0.15, -0.1) is 0 Å². The lowest BCUT2D eigenvalue weighted by Crippen LogP contribution is -2.31. The number of carbonyl (C=O) groups excluding carboxylic acids is 1. The van der Waals surface area contributed by atoms with E-state index in [-0.39, 0.29) is 17.1 Å². The molecule has 0 bridgehead atoms. The van der Waals surface area contributed by atoms with Crippen LogP contribution in [0.25, 0.3) is 0 Å². The van der Waals surface area contributed by atoms with Gasteiger partial charge in [-0.1, -0.05) is 0 Å². The lowest BCUT2D eigenvalue weighted by atomic mass is 10.2. The Bertz CT molecular complexity index is 409. The van der Waals surface area contributed by atoms with E-state index in [9.17, 15) is 9.59 Å². The van der Waals surface area contributed by atoms with Crippen molar-refractivity contribution in [3.63, 3.8) is 0 Å². The van der Waals surface area contributed by atoms with Gasteiger partial charge in [0.15, 0.2) is 0 Å².